The summed E-state index contributed by atoms with van der Waals surface area (Å²) >= 11 is 0. The highest BCUT2D eigenvalue weighted by atomic mass is 16.6. The molecule has 9 nitrogen and oxygen atoms in total. The SMILES string of the molecule is CCCCCNc1ncnc2c1ncn2[C@@H]1O[C@H](CO)C(O)C1O. The number of aromatic nitrogens is 4. The third kappa shape index (κ3) is 3.07. The largest absolute Gasteiger partial charge is 0.394 e. The molecule has 2 aromatic rings. The molecule has 24 heavy (non-hydrogen) atoms. The molecule has 2 unspecified atom stereocenters. The number of hydrogen-bond donors (Lipinski definition) is 4. The molecule has 1 saturated heterocycles. The van der Waals surface area contributed by atoms with Crippen LogP contribution in [0.3, 0.4) is 0 Å². The predicted octanol–water partition coefficient (Wildman–Crippen LogP) is 0.0399. The summed E-state index contributed by atoms with van der Waals surface area (Å²) < 4.78 is 7.09. The average Bonchev–Trinajstić information content (AvgIpc) is 3.14. The van der Waals surface area contributed by atoms with Crippen LogP contribution in [0.1, 0.15) is 32.4 Å². The highest BCUT2D eigenvalue weighted by molar-refractivity contribution is 5.82. The Kier molecular flexibility index (Phi) is 5.24. The Morgan fingerprint density at radius 2 is 2.04 bits per heavy atom. The number of unbranched alkanes of at least 4 members (excludes halogenated alkanes) is 2. The minimum atomic E-state index is -1.17. The summed E-state index contributed by atoms with van der Waals surface area (Å²) in [4.78, 5) is 12.7. The van der Waals surface area contributed by atoms with Gasteiger partial charge in [0.15, 0.2) is 23.2 Å². The summed E-state index contributed by atoms with van der Waals surface area (Å²) in [6.07, 6.45) is 2.21. The van der Waals surface area contributed by atoms with E-state index in [2.05, 4.69) is 27.2 Å². The second-order valence-electron chi connectivity index (χ2n) is 5.91. The van der Waals surface area contributed by atoms with E-state index in [9.17, 15) is 15.3 Å². The van der Waals surface area contributed by atoms with Crippen molar-refractivity contribution in [3.8, 4) is 0 Å². The molecule has 0 saturated carbocycles. The molecule has 0 aromatic carbocycles. The van der Waals surface area contributed by atoms with Crippen LogP contribution in [-0.4, -0.2) is 66.3 Å². The molecule has 0 spiro atoms. The maximum atomic E-state index is 10.2. The standard InChI is InChI=1S/C15H23N5O4/c1-2-3-4-5-16-13-10-14(18-7-17-13)20(8-19-10)15-12(23)11(22)9(6-21)24-15/h7-9,11-12,15,21-23H,2-6H2,1H3,(H,16,17,18)/t9-,11?,12?,15-/m1/s1. The van der Waals surface area contributed by atoms with E-state index in [4.69, 9.17) is 4.74 Å². The van der Waals surface area contributed by atoms with E-state index < -0.39 is 24.5 Å². The monoisotopic (exact) mass is 337 g/mol. The van der Waals surface area contributed by atoms with E-state index in [1.807, 2.05) is 0 Å². The minimum absolute atomic E-state index is 0.374. The normalized spacial score (nSPS) is 27.0. The van der Waals surface area contributed by atoms with Crippen LogP contribution in [0.4, 0.5) is 5.82 Å². The van der Waals surface area contributed by atoms with E-state index in [1.165, 1.54) is 12.7 Å². The van der Waals surface area contributed by atoms with Gasteiger partial charge in [-0.1, -0.05) is 19.8 Å². The highest BCUT2D eigenvalue weighted by Crippen LogP contribution is 2.31. The summed E-state index contributed by atoms with van der Waals surface area (Å²) in [5.74, 6) is 0.626. The minimum Gasteiger partial charge on any atom is -0.394 e. The fraction of sp³-hybridized carbons (Fsp3) is 0.667. The first-order valence-electron chi connectivity index (χ1n) is 8.21. The van der Waals surface area contributed by atoms with E-state index in [-0.39, 0.29) is 6.61 Å². The Labute approximate surface area is 139 Å². The highest BCUT2D eigenvalue weighted by Gasteiger charge is 2.44. The average molecular weight is 337 g/mol. The smallest absolute Gasteiger partial charge is 0.167 e. The maximum Gasteiger partial charge on any atom is 0.167 e. The Hall–Kier alpha value is -1.81. The summed E-state index contributed by atoms with van der Waals surface area (Å²) in [7, 11) is 0. The van der Waals surface area contributed by atoms with Gasteiger partial charge in [0.05, 0.1) is 12.9 Å². The van der Waals surface area contributed by atoms with Crippen molar-refractivity contribution < 1.29 is 20.1 Å². The Bertz CT molecular complexity index is 679. The molecule has 2 aromatic heterocycles. The lowest BCUT2D eigenvalue weighted by atomic mass is 10.1. The lowest BCUT2D eigenvalue weighted by Crippen LogP contribution is -2.33. The number of rotatable bonds is 7. The van der Waals surface area contributed by atoms with Crippen LogP contribution in [0.25, 0.3) is 11.2 Å². The van der Waals surface area contributed by atoms with Crippen LogP contribution >= 0.6 is 0 Å². The Morgan fingerprint density at radius 3 is 2.75 bits per heavy atom. The van der Waals surface area contributed by atoms with Gasteiger partial charge in [0.1, 0.15) is 24.6 Å². The summed E-state index contributed by atoms with van der Waals surface area (Å²) in [5.41, 5.74) is 1.07. The number of fused-ring (bicyclic) bond motifs is 1. The molecule has 3 heterocycles. The van der Waals surface area contributed by atoms with Gasteiger partial charge in [0.25, 0.3) is 0 Å². The molecular weight excluding hydrogens is 314 g/mol. The number of nitrogens with one attached hydrogen (secondary N) is 1. The van der Waals surface area contributed by atoms with Crippen molar-refractivity contribution in [2.45, 2.75) is 50.7 Å². The van der Waals surface area contributed by atoms with Crippen molar-refractivity contribution in [2.75, 3.05) is 18.5 Å². The van der Waals surface area contributed by atoms with Gasteiger partial charge >= 0.3 is 0 Å². The topological polar surface area (TPSA) is 126 Å². The molecule has 0 bridgehead atoms. The van der Waals surface area contributed by atoms with Crippen molar-refractivity contribution >= 4 is 17.0 Å². The van der Waals surface area contributed by atoms with Crippen molar-refractivity contribution in [3.05, 3.63) is 12.7 Å². The summed E-state index contributed by atoms with van der Waals surface area (Å²) in [5, 5.41) is 32.5. The molecule has 1 aliphatic heterocycles. The molecule has 1 fully saturated rings. The van der Waals surface area contributed by atoms with Crippen molar-refractivity contribution in [1.29, 1.82) is 0 Å². The number of hydrogen-bond acceptors (Lipinski definition) is 8. The van der Waals surface area contributed by atoms with Gasteiger partial charge in [0.2, 0.25) is 0 Å². The lowest BCUT2D eigenvalue weighted by Gasteiger charge is -2.16. The molecule has 4 atom stereocenters. The van der Waals surface area contributed by atoms with Crippen molar-refractivity contribution in [2.24, 2.45) is 0 Å². The zero-order chi connectivity index (χ0) is 17.1. The first-order valence-corrected chi connectivity index (χ1v) is 8.21. The maximum absolute atomic E-state index is 10.2. The second-order valence-corrected chi connectivity index (χ2v) is 5.91. The quantitative estimate of drug-likeness (QED) is 0.522. The van der Waals surface area contributed by atoms with Crippen molar-refractivity contribution in [1.82, 2.24) is 19.5 Å². The predicted molar refractivity (Wildman–Crippen MR) is 86.3 cm³/mol. The number of aliphatic hydroxyl groups is 3. The van der Waals surface area contributed by atoms with Gasteiger partial charge in [-0.3, -0.25) is 4.57 Å². The van der Waals surface area contributed by atoms with Gasteiger partial charge in [-0.25, -0.2) is 15.0 Å². The van der Waals surface area contributed by atoms with Crippen LogP contribution in [0.5, 0.6) is 0 Å². The van der Waals surface area contributed by atoms with Crippen LogP contribution < -0.4 is 5.32 Å². The van der Waals surface area contributed by atoms with Crippen LogP contribution in [0.2, 0.25) is 0 Å². The van der Waals surface area contributed by atoms with Gasteiger partial charge in [-0.15, -0.1) is 0 Å². The lowest BCUT2D eigenvalue weighted by molar-refractivity contribution is -0.0511. The van der Waals surface area contributed by atoms with E-state index in [0.717, 1.165) is 25.8 Å². The first-order chi connectivity index (χ1) is 11.7. The summed E-state index contributed by atoms with van der Waals surface area (Å²) in [6, 6.07) is 0. The fourth-order valence-corrected chi connectivity index (χ4v) is 2.86. The van der Waals surface area contributed by atoms with E-state index in [1.54, 1.807) is 4.57 Å². The fourth-order valence-electron chi connectivity index (χ4n) is 2.86. The first kappa shape index (κ1) is 17.0. The van der Waals surface area contributed by atoms with E-state index in [0.29, 0.717) is 17.0 Å². The molecule has 0 aliphatic carbocycles. The number of ether oxygens (including phenoxy) is 1. The third-order valence-electron chi connectivity index (χ3n) is 4.22. The van der Waals surface area contributed by atoms with Crippen LogP contribution in [0, 0.1) is 0 Å². The van der Waals surface area contributed by atoms with Gasteiger partial charge in [-0.2, -0.15) is 0 Å². The third-order valence-corrected chi connectivity index (χ3v) is 4.22. The molecule has 4 N–H and O–H groups in total. The zero-order valence-electron chi connectivity index (χ0n) is 13.5. The number of anilines is 1. The number of imidazole rings is 1. The molecular formula is C15H23N5O4. The van der Waals surface area contributed by atoms with E-state index >= 15 is 0 Å². The molecule has 0 radical (unpaired) electrons. The van der Waals surface area contributed by atoms with Crippen LogP contribution in [-0.2, 0) is 4.74 Å². The number of nitrogens with zero attached hydrogens (tertiary/aromatic N) is 4. The van der Waals surface area contributed by atoms with Gasteiger partial charge < -0.3 is 25.4 Å². The van der Waals surface area contributed by atoms with Crippen molar-refractivity contribution in [3.63, 3.8) is 0 Å². The summed E-state index contributed by atoms with van der Waals surface area (Å²) in [6.45, 7) is 2.56. The van der Waals surface area contributed by atoms with Crippen LogP contribution in [0.15, 0.2) is 12.7 Å². The van der Waals surface area contributed by atoms with Gasteiger partial charge in [0, 0.05) is 6.54 Å². The molecule has 0 amide bonds. The molecule has 9 heteroatoms. The molecule has 1 aliphatic rings. The van der Waals surface area contributed by atoms with Gasteiger partial charge in [-0.05, 0) is 6.42 Å². The zero-order valence-corrected chi connectivity index (χ0v) is 13.5. The Morgan fingerprint density at radius 1 is 1.21 bits per heavy atom. The second kappa shape index (κ2) is 7.39. The Balaban J connectivity index is 1.83. The molecule has 3 rings (SSSR count). The molecule has 132 valence electrons. The number of aliphatic hydroxyl groups excluding tert-OH is 3.